The molecule has 2 aromatic carbocycles. The van der Waals surface area contributed by atoms with Crippen LogP contribution < -0.4 is 15.2 Å². The van der Waals surface area contributed by atoms with Gasteiger partial charge in [-0.15, -0.1) is 0 Å². The highest BCUT2D eigenvalue weighted by atomic mass is 32.2. The molecule has 1 heterocycles. The summed E-state index contributed by atoms with van der Waals surface area (Å²) in [6.45, 7) is 8.10. The molecule has 0 radical (unpaired) electrons. The Hall–Kier alpha value is -3.10. The van der Waals surface area contributed by atoms with E-state index in [4.69, 9.17) is 14.3 Å². The zero-order valence-corrected chi connectivity index (χ0v) is 18.1. The third kappa shape index (κ3) is 4.55. The Morgan fingerprint density at radius 1 is 1.20 bits per heavy atom. The molecule has 0 aliphatic rings. The van der Waals surface area contributed by atoms with Crippen molar-refractivity contribution in [2.75, 3.05) is 11.9 Å². The van der Waals surface area contributed by atoms with E-state index in [-0.39, 0.29) is 10.8 Å². The van der Waals surface area contributed by atoms with Gasteiger partial charge >= 0.3 is 0 Å². The second-order valence-corrected chi connectivity index (χ2v) is 8.51. The number of ether oxygens (including phenoxy) is 1. The lowest BCUT2D eigenvalue weighted by Gasteiger charge is -2.11. The van der Waals surface area contributed by atoms with Crippen molar-refractivity contribution in [3.05, 3.63) is 59.4 Å². The van der Waals surface area contributed by atoms with Crippen LogP contribution in [0.3, 0.4) is 0 Å². The van der Waals surface area contributed by atoms with E-state index in [0.717, 1.165) is 33.4 Å². The summed E-state index contributed by atoms with van der Waals surface area (Å²) in [5, 5.41) is 8.77. The fourth-order valence-corrected chi connectivity index (χ4v) is 3.65. The Kier molecular flexibility index (Phi) is 6.00. The monoisotopic (exact) mass is 428 g/mol. The van der Waals surface area contributed by atoms with Crippen molar-refractivity contribution >= 4 is 38.2 Å². The van der Waals surface area contributed by atoms with Gasteiger partial charge in [0.1, 0.15) is 17.1 Å². The molecule has 0 atom stereocenters. The molecule has 158 valence electrons. The molecule has 3 aromatic rings. The minimum Gasteiger partial charge on any atom is -0.493 e. The summed E-state index contributed by atoms with van der Waals surface area (Å²) >= 11 is 0. The maximum Gasteiger partial charge on any atom is 0.248 e. The van der Waals surface area contributed by atoms with Gasteiger partial charge in [-0.25, -0.2) is 13.6 Å². The molecule has 8 heteroatoms. The van der Waals surface area contributed by atoms with Crippen LogP contribution in [0.5, 0.6) is 5.75 Å². The van der Waals surface area contributed by atoms with Crippen LogP contribution in [0.15, 0.2) is 51.8 Å². The third-order valence-corrected chi connectivity index (χ3v) is 5.73. The predicted molar refractivity (Wildman–Crippen MR) is 117 cm³/mol. The number of primary sulfonamides is 1. The number of carbonyl (C=O) groups is 1. The quantitative estimate of drug-likeness (QED) is 0.573. The molecule has 3 rings (SSSR count). The summed E-state index contributed by atoms with van der Waals surface area (Å²) in [6.07, 6.45) is 1.47. The molecule has 30 heavy (non-hydrogen) atoms. The Labute approximate surface area is 175 Å². The number of hydrogen-bond donors (Lipinski definition) is 2. The lowest BCUT2D eigenvalue weighted by molar-refractivity contribution is -0.111. The minimum absolute atomic E-state index is 0.0207. The molecule has 7 nitrogen and oxygen atoms in total. The number of nitrogens with two attached hydrogens (primary N) is 1. The molecule has 3 N–H and O–H groups in total. The van der Waals surface area contributed by atoms with E-state index in [1.807, 2.05) is 39.8 Å². The van der Waals surface area contributed by atoms with Gasteiger partial charge in [-0.05, 0) is 69.2 Å². The van der Waals surface area contributed by atoms with Crippen molar-refractivity contribution in [1.82, 2.24) is 0 Å². The Bertz CT molecular complexity index is 1240. The molecular formula is C22H24N2O5S. The van der Waals surface area contributed by atoms with Gasteiger partial charge < -0.3 is 14.5 Å². The number of aryl methyl sites for hydroxylation is 2. The normalized spacial score (nSPS) is 12.2. The van der Waals surface area contributed by atoms with E-state index < -0.39 is 10.0 Å². The number of rotatable bonds is 6. The van der Waals surface area contributed by atoms with Crippen molar-refractivity contribution in [1.29, 1.82) is 0 Å². The van der Waals surface area contributed by atoms with Crippen molar-refractivity contribution in [3.8, 4) is 5.75 Å². The van der Waals surface area contributed by atoms with E-state index >= 15 is 0 Å². The average molecular weight is 429 g/mol. The molecule has 1 amide bonds. The highest BCUT2D eigenvalue weighted by Crippen LogP contribution is 2.35. The van der Waals surface area contributed by atoms with Crippen LogP contribution in [0, 0.1) is 13.8 Å². The standard InChI is InChI=1S/C22H24N2O5S/c1-5-28-20-12-21-19(14(3)15(4)29-21)11-18(20)13(2)10-22(25)24-16-6-8-17(9-7-16)30(23,26)27/h6-12H,5H2,1-4H3,(H,24,25)(H2,23,26,27)/b13-10+. The highest BCUT2D eigenvalue weighted by Gasteiger charge is 2.15. The Morgan fingerprint density at radius 3 is 2.47 bits per heavy atom. The number of hydrogen-bond acceptors (Lipinski definition) is 5. The highest BCUT2D eigenvalue weighted by molar-refractivity contribution is 7.89. The minimum atomic E-state index is -3.78. The number of allylic oxidation sites excluding steroid dienone is 1. The molecule has 0 saturated heterocycles. The van der Waals surface area contributed by atoms with Gasteiger partial charge in [-0.3, -0.25) is 4.79 Å². The first-order valence-electron chi connectivity index (χ1n) is 9.39. The number of fused-ring (bicyclic) bond motifs is 1. The maximum atomic E-state index is 12.5. The number of carbonyl (C=O) groups excluding carboxylic acids is 1. The van der Waals surface area contributed by atoms with Crippen molar-refractivity contribution < 1.29 is 22.4 Å². The Morgan fingerprint density at radius 2 is 1.87 bits per heavy atom. The molecule has 0 unspecified atom stereocenters. The van der Waals surface area contributed by atoms with Crippen LogP contribution in [0.2, 0.25) is 0 Å². The summed E-state index contributed by atoms with van der Waals surface area (Å²) in [7, 11) is -3.78. The first-order valence-corrected chi connectivity index (χ1v) is 10.9. The number of nitrogens with one attached hydrogen (secondary N) is 1. The van der Waals surface area contributed by atoms with E-state index in [0.29, 0.717) is 18.0 Å². The van der Waals surface area contributed by atoms with Crippen LogP contribution >= 0.6 is 0 Å². The van der Waals surface area contributed by atoms with Gasteiger partial charge in [0.25, 0.3) is 0 Å². The second-order valence-electron chi connectivity index (χ2n) is 6.95. The van der Waals surface area contributed by atoms with E-state index in [2.05, 4.69) is 5.32 Å². The van der Waals surface area contributed by atoms with Gasteiger partial charge in [0.05, 0.1) is 11.5 Å². The number of benzene rings is 2. The summed E-state index contributed by atoms with van der Waals surface area (Å²) in [5.41, 5.74) is 3.76. The number of anilines is 1. The first kappa shape index (κ1) is 21.6. The topological polar surface area (TPSA) is 112 Å². The van der Waals surface area contributed by atoms with Gasteiger partial charge in [-0.2, -0.15) is 0 Å². The first-order chi connectivity index (χ1) is 14.1. The molecule has 1 aromatic heterocycles. The van der Waals surface area contributed by atoms with Crippen LogP contribution in [-0.2, 0) is 14.8 Å². The Balaban J connectivity index is 1.89. The molecule has 0 aliphatic heterocycles. The molecule has 0 fully saturated rings. The van der Waals surface area contributed by atoms with Crippen molar-refractivity contribution in [3.63, 3.8) is 0 Å². The summed E-state index contributed by atoms with van der Waals surface area (Å²) in [4.78, 5) is 12.5. The van der Waals surface area contributed by atoms with Gasteiger partial charge in [-0.1, -0.05) is 0 Å². The van der Waals surface area contributed by atoms with E-state index in [1.165, 1.54) is 30.3 Å². The number of furan rings is 1. The van der Waals surface area contributed by atoms with E-state index in [9.17, 15) is 13.2 Å². The summed E-state index contributed by atoms with van der Waals surface area (Å²) in [6, 6.07) is 9.45. The van der Waals surface area contributed by atoms with Crippen molar-refractivity contribution in [2.45, 2.75) is 32.6 Å². The largest absolute Gasteiger partial charge is 0.493 e. The van der Waals surface area contributed by atoms with Crippen LogP contribution in [-0.4, -0.2) is 20.9 Å². The zero-order chi connectivity index (χ0) is 22.1. The fraction of sp³-hybridized carbons (Fsp3) is 0.227. The molecule has 0 spiro atoms. The van der Waals surface area contributed by atoms with Gasteiger partial charge in [0.2, 0.25) is 15.9 Å². The zero-order valence-electron chi connectivity index (χ0n) is 17.3. The molecule has 0 aliphatic carbocycles. The summed E-state index contributed by atoms with van der Waals surface area (Å²) < 4.78 is 34.2. The van der Waals surface area contributed by atoms with E-state index in [1.54, 1.807) is 0 Å². The number of sulfonamides is 1. The fourth-order valence-electron chi connectivity index (χ4n) is 3.13. The molecular weight excluding hydrogens is 404 g/mol. The SMILES string of the molecule is CCOc1cc2oc(C)c(C)c2cc1/C(C)=C/C(=O)Nc1ccc(S(N)(=O)=O)cc1. The second kappa shape index (κ2) is 8.33. The molecule has 0 saturated carbocycles. The number of amides is 1. The summed E-state index contributed by atoms with van der Waals surface area (Å²) in [5.74, 6) is 1.13. The smallest absolute Gasteiger partial charge is 0.248 e. The molecule has 0 bridgehead atoms. The maximum absolute atomic E-state index is 12.5. The van der Waals surface area contributed by atoms with Gasteiger partial charge in [0.15, 0.2) is 0 Å². The van der Waals surface area contributed by atoms with Crippen LogP contribution in [0.4, 0.5) is 5.69 Å². The van der Waals surface area contributed by atoms with Gasteiger partial charge in [0, 0.05) is 28.8 Å². The van der Waals surface area contributed by atoms with Crippen LogP contribution in [0.1, 0.15) is 30.7 Å². The average Bonchev–Trinajstić information content (AvgIpc) is 2.94. The lowest BCUT2D eigenvalue weighted by Crippen LogP contribution is -2.12. The third-order valence-electron chi connectivity index (χ3n) is 4.80. The van der Waals surface area contributed by atoms with Crippen molar-refractivity contribution in [2.24, 2.45) is 5.14 Å². The lowest BCUT2D eigenvalue weighted by atomic mass is 10.0. The van der Waals surface area contributed by atoms with Crippen LogP contribution in [0.25, 0.3) is 16.5 Å². The predicted octanol–water partition coefficient (Wildman–Crippen LogP) is 4.14.